The summed E-state index contributed by atoms with van der Waals surface area (Å²) >= 11 is 0. The highest BCUT2D eigenvalue weighted by molar-refractivity contribution is 5.77. The molecule has 3 aliphatic rings. The van der Waals surface area contributed by atoms with Gasteiger partial charge in [0.2, 0.25) is 5.91 Å². The first-order valence-corrected chi connectivity index (χ1v) is 12.1. The van der Waals surface area contributed by atoms with Crippen molar-refractivity contribution in [1.29, 1.82) is 0 Å². The molecule has 4 heterocycles. The summed E-state index contributed by atoms with van der Waals surface area (Å²) in [6.45, 7) is 5.27. The number of hydrogen-bond donors (Lipinski definition) is 1. The Morgan fingerprint density at radius 2 is 1.91 bits per heavy atom. The van der Waals surface area contributed by atoms with Crippen molar-refractivity contribution in [1.82, 2.24) is 25.1 Å². The van der Waals surface area contributed by atoms with E-state index in [1.54, 1.807) is 18.1 Å². The molecule has 176 valence electrons. The van der Waals surface area contributed by atoms with Crippen molar-refractivity contribution in [3.8, 4) is 0 Å². The summed E-state index contributed by atoms with van der Waals surface area (Å²) in [5, 5.41) is 3.45. The van der Waals surface area contributed by atoms with E-state index < -0.39 is 6.35 Å². The topological polar surface area (TPSA) is 73.8 Å². The van der Waals surface area contributed by atoms with Gasteiger partial charge < -0.3 is 14.5 Å². The average molecular weight is 451 g/mol. The van der Waals surface area contributed by atoms with Crippen LogP contribution in [0, 0.1) is 0 Å². The number of aromatic nitrogens is 2. The molecule has 0 saturated carbocycles. The van der Waals surface area contributed by atoms with E-state index in [1.165, 1.54) is 49.9 Å². The lowest BCUT2D eigenvalue weighted by Gasteiger charge is -2.38. The fraction of sp³-hybridized carbons (Fsp3) is 0.560. The number of amides is 1. The molecule has 1 N–H and O–H groups in total. The lowest BCUT2D eigenvalue weighted by Crippen LogP contribution is -2.56. The minimum absolute atomic E-state index is 0.0570. The van der Waals surface area contributed by atoms with E-state index in [9.17, 15) is 4.79 Å². The highest BCUT2D eigenvalue weighted by atomic mass is 16.5. The fourth-order valence-electron chi connectivity index (χ4n) is 5.06. The van der Waals surface area contributed by atoms with Crippen LogP contribution in [0.5, 0.6) is 0 Å². The SMILES string of the molecule is CN1C(=O)CC(c2ccncn2)NC1OC1CCN(c2ccc(CN3CCCCC3)cc2)C1. The van der Waals surface area contributed by atoms with Gasteiger partial charge in [-0.2, -0.15) is 0 Å². The quantitative estimate of drug-likeness (QED) is 0.725. The molecule has 3 fully saturated rings. The molecule has 3 saturated heterocycles. The van der Waals surface area contributed by atoms with Crippen molar-refractivity contribution >= 4 is 11.6 Å². The zero-order valence-electron chi connectivity index (χ0n) is 19.4. The maximum absolute atomic E-state index is 12.6. The first-order chi connectivity index (χ1) is 16.2. The second kappa shape index (κ2) is 10.2. The number of piperidine rings is 1. The molecule has 33 heavy (non-hydrogen) atoms. The lowest BCUT2D eigenvalue weighted by atomic mass is 10.1. The molecule has 3 unspecified atom stereocenters. The lowest BCUT2D eigenvalue weighted by molar-refractivity contribution is -0.163. The standard InChI is InChI=1S/C25H34N6O2/c1-29-24(32)15-23(22-9-11-26-18-27-22)28-25(29)33-21-10-14-31(17-21)20-7-5-19(6-8-20)16-30-12-3-2-4-13-30/h5-9,11,18,21,23,25,28H,2-4,10,12-17H2,1H3. The molecule has 0 aliphatic carbocycles. The molecule has 3 atom stereocenters. The van der Waals surface area contributed by atoms with Gasteiger partial charge in [-0.3, -0.25) is 15.0 Å². The summed E-state index contributed by atoms with van der Waals surface area (Å²) in [6.07, 6.45) is 8.15. The zero-order chi connectivity index (χ0) is 22.6. The van der Waals surface area contributed by atoms with E-state index in [4.69, 9.17) is 4.74 Å². The minimum Gasteiger partial charge on any atom is -0.369 e. The first-order valence-electron chi connectivity index (χ1n) is 12.1. The van der Waals surface area contributed by atoms with Gasteiger partial charge in [0.15, 0.2) is 6.35 Å². The summed E-state index contributed by atoms with van der Waals surface area (Å²) in [4.78, 5) is 27.5. The third-order valence-corrected chi connectivity index (χ3v) is 7.05. The Morgan fingerprint density at radius 1 is 1.09 bits per heavy atom. The number of rotatable bonds is 6. The smallest absolute Gasteiger partial charge is 0.227 e. The van der Waals surface area contributed by atoms with Crippen LogP contribution in [0.3, 0.4) is 0 Å². The highest BCUT2D eigenvalue weighted by Crippen LogP contribution is 2.27. The van der Waals surface area contributed by atoms with E-state index in [1.807, 2.05) is 6.07 Å². The van der Waals surface area contributed by atoms with E-state index in [-0.39, 0.29) is 18.1 Å². The molecule has 8 heteroatoms. The van der Waals surface area contributed by atoms with Gasteiger partial charge in [-0.15, -0.1) is 0 Å². The maximum atomic E-state index is 12.6. The number of carbonyl (C=O) groups is 1. The van der Waals surface area contributed by atoms with Crippen molar-refractivity contribution < 1.29 is 9.53 Å². The number of nitrogens with one attached hydrogen (secondary N) is 1. The molecule has 0 bridgehead atoms. The van der Waals surface area contributed by atoms with Gasteiger partial charge >= 0.3 is 0 Å². The normalized spacial score (nSPS) is 26.7. The van der Waals surface area contributed by atoms with Crippen LogP contribution in [0.2, 0.25) is 0 Å². The van der Waals surface area contributed by atoms with Crippen LogP contribution in [0.1, 0.15) is 49.4 Å². The van der Waals surface area contributed by atoms with Gasteiger partial charge in [0.05, 0.1) is 17.8 Å². The molecular formula is C25H34N6O2. The average Bonchev–Trinajstić information content (AvgIpc) is 3.32. The van der Waals surface area contributed by atoms with Gasteiger partial charge in [-0.25, -0.2) is 9.97 Å². The summed E-state index contributed by atoms with van der Waals surface area (Å²) in [7, 11) is 1.80. The number of nitrogens with zero attached hydrogens (tertiary/aromatic N) is 5. The Labute approximate surface area is 195 Å². The minimum atomic E-state index is -0.455. The van der Waals surface area contributed by atoms with Crippen LogP contribution in [-0.2, 0) is 16.1 Å². The molecule has 1 aromatic carbocycles. The number of carbonyl (C=O) groups excluding carboxylic acids is 1. The van der Waals surface area contributed by atoms with Crippen molar-refractivity contribution in [2.75, 3.05) is 38.1 Å². The monoisotopic (exact) mass is 450 g/mol. The number of likely N-dealkylation sites (tertiary alicyclic amines) is 1. The predicted octanol–water partition coefficient (Wildman–Crippen LogP) is 2.53. The summed E-state index contributed by atoms with van der Waals surface area (Å²) < 4.78 is 6.36. The molecular weight excluding hydrogens is 416 g/mol. The molecule has 0 spiro atoms. The Morgan fingerprint density at radius 3 is 2.67 bits per heavy atom. The van der Waals surface area contributed by atoms with Gasteiger partial charge in [-0.1, -0.05) is 18.6 Å². The first kappa shape index (κ1) is 22.3. The van der Waals surface area contributed by atoms with E-state index in [0.717, 1.165) is 31.7 Å². The van der Waals surface area contributed by atoms with Crippen molar-refractivity contribution in [3.05, 3.63) is 54.1 Å². The van der Waals surface area contributed by atoms with Gasteiger partial charge in [0, 0.05) is 45.0 Å². The number of hydrogen-bond acceptors (Lipinski definition) is 7. The largest absolute Gasteiger partial charge is 0.369 e. The van der Waals surface area contributed by atoms with E-state index in [0.29, 0.717) is 6.42 Å². The molecule has 5 rings (SSSR count). The third-order valence-electron chi connectivity index (χ3n) is 7.05. The maximum Gasteiger partial charge on any atom is 0.227 e. The fourth-order valence-corrected chi connectivity index (χ4v) is 5.06. The van der Waals surface area contributed by atoms with Crippen LogP contribution < -0.4 is 10.2 Å². The van der Waals surface area contributed by atoms with Crippen molar-refractivity contribution in [3.63, 3.8) is 0 Å². The third kappa shape index (κ3) is 5.34. The summed E-state index contributed by atoms with van der Waals surface area (Å²) in [6, 6.07) is 10.7. The van der Waals surface area contributed by atoms with Crippen LogP contribution in [0.4, 0.5) is 5.69 Å². The predicted molar refractivity (Wildman–Crippen MR) is 126 cm³/mol. The molecule has 2 aromatic rings. The zero-order valence-corrected chi connectivity index (χ0v) is 19.4. The Bertz CT molecular complexity index is 918. The number of benzene rings is 1. The second-order valence-corrected chi connectivity index (χ2v) is 9.41. The molecule has 3 aliphatic heterocycles. The molecule has 1 amide bonds. The highest BCUT2D eigenvalue weighted by Gasteiger charge is 2.36. The van der Waals surface area contributed by atoms with Gasteiger partial charge in [-0.05, 0) is 56.1 Å². The van der Waals surface area contributed by atoms with E-state index in [2.05, 4.69) is 49.4 Å². The van der Waals surface area contributed by atoms with Crippen LogP contribution in [0.15, 0.2) is 42.9 Å². The Kier molecular flexibility index (Phi) is 6.85. The van der Waals surface area contributed by atoms with Gasteiger partial charge in [0.1, 0.15) is 6.33 Å². The number of anilines is 1. The molecule has 1 aromatic heterocycles. The Balaban J connectivity index is 1.16. The van der Waals surface area contributed by atoms with Crippen molar-refractivity contribution in [2.45, 2.75) is 57.1 Å². The van der Waals surface area contributed by atoms with Crippen LogP contribution in [0.25, 0.3) is 0 Å². The van der Waals surface area contributed by atoms with Crippen LogP contribution in [-0.4, -0.2) is 71.4 Å². The molecule has 0 radical (unpaired) electrons. The van der Waals surface area contributed by atoms with Gasteiger partial charge in [0.25, 0.3) is 0 Å². The summed E-state index contributed by atoms with van der Waals surface area (Å²) in [5.41, 5.74) is 3.44. The second-order valence-electron chi connectivity index (χ2n) is 9.41. The Hall–Kier alpha value is -2.55. The summed E-state index contributed by atoms with van der Waals surface area (Å²) in [5.74, 6) is 0.0570. The van der Waals surface area contributed by atoms with E-state index >= 15 is 0 Å². The van der Waals surface area contributed by atoms with Crippen molar-refractivity contribution in [2.24, 2.45) is 0 Å². The number of ether oxygens (including phenoxy) is 1. The molecule has 8 nitrogen and oxygen atoms in total. The van der Waals surface area contributed by atoms with Crippen LogP contribution >= 0.6 is 0 Å².